The molecular formula is C17H15ClO3S. The topological polar surface area (TPSA) is 46.5 Å². The van der Waals surface area contributed by atoms with E-state index in [1.165, 1.54) is 13.4 Å². The quantitative estimate of drug-likeness (QED) is 0.472. The Bertz CT molecular complexity index is 681. The second-order valence-corrected chi connectivity index (χ2v) is 5.94. The number of ether oxygens (including phenoxy) is 1. The molecular weight excluding hydrogens is 320 g/mol. The number of aliphatic carboxylic acids is 1. The summed E-state index contributed by atoms with van der Waals surface area (Å²) >= 11 is 7.45. The fourth-order valence-electron chi connectivity index (χ4n) is 1.90. The molecule has 0 aliphatic carbocycles. The van der Waals surface area contributed by atoms with E-state index in [1.54, 1.807) is 17.8 Å². The van der Waals surface area contributed by atoms with Crippen molar-refractivity contribution in [2.75, 3.05) is 7.11 Å². The molecule has 0 spiro atoms. The molecule has 0 saturated heterocycles. The van der Waals surface area contributed by atoms with Gasteiger partial charge in [0.05, 0.1) is 13.4 Å². The van der Waals surface area contributed by atoms with Crippen molar-refractivity contribution < 1.29 is 14.6 Å². The van der Waals surface area contributed by atoms with E-state index in [9.17, 15) is 9.90 Å². The maximum absolute atomic E-state index is 11.4. The highest BCUT2D eigenvalue weighted by Gasteiger charge is 2.15. The third-order valence-electron chi connectivity index (χ3n) is 2.95. The maximum Gasteiger partial charge on any atom is 0.339 e. The first-order chi connectivity index (χ1) is 10.6. The van der Waals surface area contributed by atoms with Crippen molar-refractivity contribution in [1.29, 1.82) is 0 Å². The van der Waals surface area contributed by atoms with Gasteiger partial charge < -0.3 is 9.84 Å². The van der Waals surface area contributed by atoms with Crippen LogP contribution < -0.4 is 0 Å². The molecule has 0 radical (unpaired) electrons. The van der Waals surface area contributed by atoms with Gasteiger partial charge in [0, 0.05) is 21.2 Å². The summed E-state index contributed by atoms with van der Waals surface area (Å²) in [4.78, 5) is 12.3. The molecule has 0 aliphatic heterocycles. The Balaban J connectivity index is 2.23. The van der Waals surface area contributed by atoms with Gasteiger partial charge in [-0.2, -0.15) is 0 Å². The first kappa shape index (κ1) is 16.5. The summed E-state index contributed by atoms with van der Waals surface area (Å²) in [6.07, 6.45) is 1.25. The number of thioether (sulfide) groups is 1. The van der Waals surface area contributed by atoms with E-state index in [-0.39, 0.29) is 5.57 Å². The van der Waals surface area contributed by atoms with Gasteiger partial charge in [-0.15, -0.1) is 11.8 Å². The summed E-state index contributed by atoms with van der Waals surface area (Å²) in [5.41, 5.74) is 1.91. The van der Waals surface area contributed by atoms with Crippen LogP contribution in [-0.4, -0.2) is 18.2 Å². The number of halogens is 1. The van der Waals surface area contributed by atoms with Gasteiger partial charge in [-0.25, -0.2) is 4.79 Å². The Labute approximate surface area is 138 Å². The highest BCUT2D eigenvalue weighted by Crippen LogP contribution is 2.31. The molecule has 3 nitrogen and oxygen atoms in total. The number of carboxylic acids is 1. The van der Waals surface area contributed by atoms with Crippen LogP contribution in [0, 0.1) is 0 Å². The lowest BCUT2D eigenvalue weighted by Gasteiger charge is -2.10. The normalized spacial score (nSPS) is 11.3. The Morgan fingerprint density at radius 1 is 1.23 bits per heavy atom. The summed E-state index contributed by atoms with van der Waals surface area (Å²) < 4.78 is 4.88. The highest BCUT2D eigenvalue weighted by molar-refractivity contribution is 7.98. The number of carbonyl (C=O) groups is 1. The molecule has 0 amide bonds. The molecule has 22 heavy (non-hydrogen) atoms. The van der Waals surface area contributed by atoms with Crippen molar-refractivity contribution in [3.8, 4) is 0 Å². The maximum atomic E-state index is 11.4. The molecule has 2 aromatic carbocycles. The Morgan fingerprint density at radius 2 is 1.91 bits per heavy atom. The van der Waals surface area contributed by atoms with Gasteiger partial charge in [-0.3, -0.25) is 0 Å². The van der Waals surface area contributed by atoms with Gasteiger partial charge in [0.25, 0.3) is 0 Å². The molecule has 114 valence electrons. The largest absolute Gasteiger partial charge is 0.503 e. The van der Waals surface area contributed by atoms with E-state index in [1.807, 2.05) is 42.5 Å². The van der Waals surface area contributed by atoms with Crippen LogP contribution in [0.3, 0.4) is 0 Å². The molecule has 0 aliphatic rings. The van der Waals surface area contributed by atoms with Gasteiger partial charge in [-0.1, -0.05) is 41.9 Å². The van der Waals surface area contributed by atoms with Gasteiger partial charge in [0.15, 0.2) is 0 Å². The SMILES string of the molecule is COC=C(C(=O)O)c1ccccc1SCc1ccc(Cl)cc1. The Kier molecular flexibility index (Phi) is 5.92. The van der Waals surface area contributed by atoms with Crippen molar-refractivity contribution in [3.63, 3.8) is 0 Å². The lowest BCUT2D eigenvalue weighted by atomic mass is 10.1. The summed E-state index contributed by atoms with van der Waals surface area (Å²) in [6, 6.07) is 15.0. The van der Waals surface area contributed by atoms with Crippen LogP contribution >= 0.6 is 23.4 Å². The third kappa shape index (κ3) is 4.29. The molecule has 5 heteroatoms. The molecule has 0 unspecified atom stereocenters. The molecule has 0 saturated carbocycles. The smallest absolute Gasteiger partial charge is 0.339 e. The van der Waals surface area contributed by atoms with E-state index in [0.717, 1.165) is 16.2 Å². The van der Waals surface area contributed by atoms with Crippen LogP contribution in [0.1, 0.15) is 11.1 Å². The van der Waals surface area contributed by atoms with Gasteiger partial charge >= 0.3 is 5.97 Å². The van der Waals surface area contributed by atoms with Crippen molar-refractivity contribution in [3.05, 3.63) is 70.9 Å². The van der Waals surface area contributed by atoms with E-state index in [0.29, 0.717) is 10.6 Å². The molecule has 0 fully saturated rings. The average Bonchev–Trinajstić information content (AvgIpc) is 2.52. The fraction of sp³-hybridized carbons (Fsp3) is 0.118. The third-order valence-corrected chi connectivity index (χ3v) is 4.35. The first-order valence-corrected chi connectivity index (χ1v) is 7.91. The van der Waals surface area contributed by atoms with Crippen LogP contribution in [0.25, 0.3) is 5.57 Å². The number of methoxy groups -OCH3 is 1. The van der Waals surface area contributed by atoms with Crippen LogP contribution in [-0.2, 0) is 15.3 Å². The predicted molar refractivity (Wildman–Crippen MR) is 90.1 cm³/mol. The minimum Gasteiger partial charge on any atom is -0.503 e. The molecule has 1 N–H and O–H groups in total. The number of carboxylic acid groups (broad SMARTS) is 1. The van der Waals surface area contributed by atoms with E-state index in [2.05, 4.69) is 0 Å². The highest BCUT2D eigenvalue weighted by atomic mass is 35.5. The van der Waals surface area contributed by atoms with Crippen LogP contribution in [0.5, 0.6) is 0 Å². The number of hydrogen-bond acceptors (Lipinski definition) is 3. The summed E-state index contributed by atoms with van der Waals surface area (Å²) in [5, 5.41) is 10.0. The Morgan fingerprint density at radius 3 is 2.55 bits per heavy atom. The molecule has 0 heterocycles. The lowest BCUT2D eigenvalue weighted by molar-refractivity contribution is -0.130. The number of hydrogen-bond donors (Lipinski definition) is 1. The molecule has 0 aromatic heterocycles. The van der Waals surface area contributed by atoms with Crippen LogP contribution in [0.15, 0.2) is 59.7 Å². The molecule has 2 rings (SSSR count). The van der Waals surface area contributed by atoms with Crippen molar-refractivity contribution in [2.45, 2.75) is 10.6 Å². The fourth-order valence-corrected chi connectivity index (χ4v) is 3.05. The summed E-state index contributed by atoms with van der Waals surface area (Å²) in [7, 11) is 1.44. The number of benzene rings is 2. The minimum absolute atomic E-state index is 0.140. The van der Waals surface area contributed by atoms with Gasteiger partial charge in [0.2, 0.25) is 0 Å². The number of rotatable bonds is 6. The Hall–Kier alpha value is -1.91. The second-order valence-electron chi connectivity index (χ2n) is 4.48. The molecule has 2 aromatic rings. The monoisotopic (exact) mass is 334 g/mol. The zero-order chi connectivity index (χ0) is 15.9. The lowest BCUT2D eigenvalue weighted by Crippen LogP contribution is -2.01. The first-order valence-electron chi connectivity index (χ1n) is 6.54. The van der Waals surface area contributed by atoms with Crippen molar-refractivity contribution in [1.82, 2.24) is 0 Å². The summed E-state index contributed by atoms with van der Waals surface area (Å²) in [6.45, 7) is 0. The van der Waals surface area contributed by atoms with Gasteiger partial charge in [0.1, 0.15) is 5.57 Å². The summed E-state index contributed by atoms with van der Waals surface area (Å²) in [5.74, 6) is -0.282. The second kappa shape index (κ2) is 7.92. The zero-order valence-corrected chi connectivity index (χ0v) is 13.5. The van der Waals surface area contributed by atoms with Crippen LogP contribution in [0.2, 0.25) is 5.02 Å². The van der Waals surface area contributed by atoms with E-state index < -0.39 is 5.97 Å². The van der Waals surface area contributed by atoms with Crippen LogP contribution in [0.4, 0.5) is 0 Å². The minimum atomic E-state index is -1.01. The molecule has 0 bridgehead atoms. The standard InChI is InChI=1S/C17H15ClO3S/c1-21-10-15(17(19)20)14-4-2-3-5-16(14)22-11-12-6-8-13(18)9-7-12/h2-10H,11H2,1H3,(H,19,20). The van der Waals surface area contributed by atoms with E-state index in [4.69, 9.17) is 16.3 Å². The molecule has 0 atom stereocenters. The average molecular weight is 335 g/mol. The van der Waals surface area contributed by atoms with Crippen molar-refractivity contribution in [2.24, 2.45) is 0 Å². The van der Waals surface area contributed by atoms with Gasteiger partial charge in [-0.05, 0) is 23.8 Å². The predicted octanol–water partition coefficient (Wildman–Crippen LogP) is 4.70. The van der Waals surface area contributed by atoms with E-state index >= 15 is 0 Å². The van der Waals surface area contributed by atoms with Crippen molar-refractivity contribution >= 4 is 34.9 Å². The zero-order valence-electron chi connectivity index (χ0n) is 12.0.